The molecule has 2 aromatic rings. The van der Waals surface area contributed by atoms with Crippen LogP contribution >= 0.6 is 11.3 Å². The summed E-state index contributed by atoms with van der Waals surface area (Å²) in [6, 6.07) is 7.82. The van der Waals surface area contributed by atoms with Crippen molar-refractivity contribution in [3.63, 3.8) is 0 Å². The second kappa shape index (κ2) is 8.14. The molecule has 1 heterocycles. The van der Waals surface area contributed by atoms with Gasteiger partial charge >= 0.3 is 0 Å². The van der Waals surface area contributed by atoms with Gasteiger partial charge in [-0.25, -0.2) is 0 Å². The summed E-state index contributed by atoms with van der Waals surface area (Å²) in [5, 5.41) is 17.4. The fourth-order valence-corrected chi connectivity index (χ4v) is 2.50. The van der Waals surface area contributed by atoms with E-state index in [1.807, 2.05) is 11.4 Å². The first kappa shape index (κ1) is 16.0. The van der Waals surface area contributed by atoms with Gasteiger partial charge in [-0.3, -0.25) is 14.9 Å². The number of benzene rings is 1. The van der Waals surface area contributed by atoms with Crippen LogP contribution in [0.2, 0.25) is 0 Å². The molecule has 0 aliphatic heterocycles. The molecule has 0 radical (unpaired) electrons. The Morgan fingerprint density at radius 3 is 2.68 bits per heavy atom. The number of hydrogen-bond donors (Lipinski definition) is 1. The van der Waals surface area contributed by atoms with E-state index in [9.17, 15) is 14.9 Å². The Morgan fingerprint density at radius 2 is 2.05 bits per heavy atom. The molecule has 1 amide bonds. The normalized spacial score (nSPS) is 10.2. The van der Waals surface area contributed by atoms with Gasteiger partial charge in [-0.2, -0.15) is 11.3 Å². The van der Waals surface area contributed by atoms with Gasteiger partial charge in [0, 0.05) is 18.7 Å². The van der Waals surface area contributed by atoms with E-state index in [-0.39, 0.29) is 24.6 Å². The number of ether oxygens (including phenoxy) is 1. The van der Waals surface area contributed by atoms with Crippen molar-refractivity contribution in [3.05, 3.63) is 56.8 Å². The summed E-state index contributed by atoms with van der Waals surface area (Å²) < 4.78 is 5.38. The van der Waals surface area contributed by atoms with Crippen LogP contribution in [-0.4, -0.2) is 24.0 Å². The van der Waals surface area contributed by atoms with Crippen LogP contribution in [0.4, 0.5) is 5.69 Å². The van der Waals surface area contributed by atoms with Crippen molar-refractivity contribution < 1.29 is 14.5 Å². The monoisotopic (exact) mass is 320 g/mol. The average Bonchev–Trinajstić information content (AvgIpc) is 3.01. The Labute approximate surface area is 131 Å². The minimum atomic E-state index is -0.468. The van der Waals surface area contributed by atoms with E-state index in [0.29, 0.717) is 12.3 Å². The van der Waals surface area contributed by atoms with Crippen molar-refractivity contribution in [2.24, 2.45) is 0 Å². The van der Waals surface area contributed by atoms with Crippen LogP contribution in [0, 0.1) is 10.1 Å². The van der Waals surface area contributed by atoms with Gasteiger partial charge in [0.1, 0.15) is 5.75 Å². The van der Waals surface area contributed by atoms with Gasteiger partial charge in [0.2, 0.25) is 5.91 Å². The van der Waals surface area contributed by atoms with Gasteiger partial charge in [0.05, 0.1) is 18.0 Å². The largest absolute Gasteiger partial charge is 0.493 e. The molecular formula is C15H16N2O4S. The minimum Gasteiger partial charge on any atom is -0.493 e. The Balaban J connectivity index is 1.63. The molecule has 0 aliphatic carbocycles. The summed E-state index contributed by atoms with van der Waals surface area (Å²) in [5.74, 6) is 0.439. The number of nitrogens with one attached hydrogen (secondary N) is 1. The minimum absolute atomic E-state index is 0.0125. The molecule has 1 N–H and O–H groups in total. The Morgan fingerprint density at radius 1 is 1.27 bits per heavy atom. The highest BCUT2D eigenvalue weighted by Crippen LogP contribution is 2.17. The molecular weight excluding hydrogens is 304 g/mol. The molecule has 0 aliphatic rings. The topological polar surface area (TPSA) is 81.5 Å². The van der Waals surface area contributed by atoms with Crippen molar-refractivity contribution in [2.75, 3.05) is 13.2 Å². The smallest absolute Gasteiger partial charge is 0.269 e. The Kier molecular flexibility index (Phi) is 5.91. The number of hydrogen-bond acceptors (Lipinski definition) is 5. The molecule has 22 heavy (non-hydrogen) atoms. The summed E-state index contributed by atoms with van der Waals surface area (Å²) in [6.07, 6.45) is 1.07. The van der Waals surface area contributed by atoms with E-state index in [0.717, 1.165) is 6.42 Å². The van der Waals surface area contributed by atoms with Gasteiger partial charge in [-0.1, -0.05) is 0 Å². The fraction of sp³-hybridized carbons (Fsp3) is 0.267. The van der Waals surface area contributed by atoms with Crippen molar-refractivity contribution in [3.8, 4) is 5.75 Å². The van der Waals surface area contributed by atoms with E-state index in [1.165, 1.54) is 29.8 Å². The molecule has 6 nitrogen and oxygen atoms in total. The van der Waals surface area contributed by atoms with Crippen LogP contribution < -0.4 is 10.1 Å². The maximum Gasteiger partial charge on any atom is 0.269 e. The van der Waals surface area contributed by atoms with Gasteiger partial charge < -0.3 is 10.1 Å². The van der Waals surface area contributed by atoms with Crippen LogP contribution in [0.3, 0.4) is 0 Å². The molecule has 116 valence electrons. The molecule has 2 rings (SSSR count). The third-order valence-electron chi connectivity index (χ3n) is 2.96. The number of non-ortho nitro benzene ring substituents is 1. The van der Waals surface area contributed by atoms with Crippen LogP contribution in [0.5, 0.6) is 5.75 Å². The summed E-state index contributed by atoms with van der Waals surface area (Å²) in [4.78, 5) is 21.7. The van der Waals surface area contributed by atoms with Crippen molar-refractivity contribution >= 4 is 22.9 Å². The lowest BCUT2D eigenvalue weighted by molar-refractivity contribution is -0.384. The number of thiophene rings is 1. The highest BCUT2D eigenvalue weighted by molar-refractivity contribution is 7.07. The molecule has 0 atom stereocenters. The van der Waals surface area contributed by atoms with Gasteiger partial charge in [0.25, 0.3) is 5.69 Å². The number of amides is 1. The fourth-order valence-electron chi connectivity index (χ4n) is 1.80. The predicted octanol–water partition coefficient (Wildman–Crippen LogP) is 2.78. The Hall–Kier alpha value is -2.41. The number of nitrogens with zero attached hydrogens (tertiary/aromatic N) is 1. The highest BCUT2D eigenvalue weighted by Gasteiger charge is 2.05. The maximum absolute atomic E-state index is 11.6. The standard InChI is InChI=1S/C15H16N2O4S/c18-15(16-8-5-12-7-10-22-11-12)6-9-21-14-3-1-13(2-4-14)17(19)20/h1-4,7,10-11H,5-6,8-9H2,(H,16,18). The molecule has 0 bridgehead atoms. The number of nitro groups is 1. The third-order valence-corrected chi connectivity index (χ3v) is 3.69. The van der Waals surface area contributed by atoms with E-state index in [4.69, 9.17) is 4.74 Å². The number of nitro benzene ring substituents is 1. The lowest BCUT2D eigenvalue weighted by atomic mass is 10.2. The van der Waals surface area contributed by atoms with Crippen LogP contribution in [0.15, 0.2) is 41.1 Å². The number of carbonyl (C=O) groups excluding carboxylic acids is 1. The first-order chi connectivity index (χ1) is 10.6. The quantitative estimate of drug-likeness (QED) is 0.599. The molecule has 0 unspecified atom stereocenters. The van der Waals surface area contributed by atoms with Crippen molar-refractivity contribution in [1.29, 1.82) is 0 Å². The second-order valence-electron chi connectivity index (χ2n) is 4.58. The zero-order chi connectivity index (χ0) is 15.8. The molecule has 0 fully saturated rings. The third kappa shape index (κ3) is 5.17. The average molecular weight is 320 g/mol. The van der Waals surface area contributed by atoms with E-state index in [2.05, 4.69) is 10.7 Å². The highest BCUT2D eigenvalue weighted by atomic mass is 32.1. The van der Waals surface area contributed by atoms with Crippen molar-refractivity contribution in [1.82, 2.24) is 5.32 Å². The Bertz CT molecular complexity index is 611. The van der Waals surface area contributed by atoms with Gasteiger partial charge in [0.15, 0.2) is 0 Å². The molecule has 7 heteroatoms. The summed E-state index contributed by atoms with van der Waals surface area (Å²) in [5.41, 5.74) is 1.23. The van der Waals surface area contributed by atoms with Crippen LogP contribution in [0.25, 0.3) is 0 Å². The lowest BCUT2D eigenvalue weighted by Crippen LogP contribution is -2.26. The van der Waals surface area contributed by atoms with E-state index < -0.39 is 4.92 Å². The zero-order valence-electron chi connectivity index (χ0n) is 11.9. The van der Waals surface area contributed by atoms with Crippen LogP contribution in [-0.2, 0) is 11.2 Å². The predicted molar refractivity (Wildman–Crippen MR) is 84.2 cm³/mol. The number of rotatable bonds is 8. The zero-order valence-corrected chi connectivity index (χ0v) is 12.7. The molecule has 0 saturated heterocycles. The molecule has 0 saturated carbocycles. The van der Waals surface area contributed by atoms with Gasteiger partial charge in [-0.15, -0.1) is 0 Å². The lowest BCUT2D eigenvalue weighted by Gasteiger charge is -2.07. The summed E-state index contributed by atoms with van der Waals surface area (Å²) in [6.45, 7) is 0.842. The maximum atomic E-state index is 11.6. The first-order valence-corrected chi connectivity index (χ1v) is 7.74. The SMILES string of the molecule is O=C(CCOc1ccc([N+](=O)[O-])cc1)NCCc1ccsc1. The van der Waals surface area contributed by atoms with Crippen molar-refractivity contribution in [2.45, 2.75) is 12.8 Å². The second-order valence-corrected chi connectivity index (χ2v) is 5.36. The molecule has 1 aromatic heterocycles. The molecule has 1 aromatic carbocycles. The van der Waals surface area contributed by atoms with Gasteiger partial charge in [-0.05, 0) is 40.9 Å². The summed E-state index contributed by atoms with van der Waals surface area (Å²) >= 11 is 1.64. The summed E-state index contributed by atoms with van der Waals surface area (Å²) in [7, 11) is 0. The van der Waals surface area contributed by atoms with E-state index >= 15 is 0 Å². The number of carbonyl (C=O) groups is 1. The molecule has 0 spiro atoms. The van der Waals surface area contributed by atoms with Crippen LogP contribution in [0.1, 0.15) is 12.0 Å². The van der Waals surface area contributed by atoms with E-state index in [1.54, 1.807) is 11.3 Å². The first-order valence-electron chi connectivity index (χ1n) is 6.80.